The van der Waals surface area contributed by atoms with Crippen molar-refractivity contribution in [3.05, 3.63) is 0 Å². The highest BCUT2D eigenvalue weighted by molar-refractivity contribution is 7.22. The fourth-order valence-electron chi connectivity index (χ4n) is 2.31. The molecule has 0 radical (unpaired) electrons. The van der Waals surface area contributed by atoms with Gasteiger partial charge in [0.1, 0.15) is 0 Å². The molecule has 0 amide bonds. The molecule has 0 atom stereocenters. The van der Waals surface area contributed by atoms with Gasteiger partial charge in [0.15, 0.2) is 0 Å². The molecule has 0 aromatic heterocycles. The number of hydrogen-bond donors (Lipinski definition) is 0. The Balaban J connectivity index is 3.86. The van der Waals surface area contributed by atoms with E-state index in [0.717, 1.165) is 0 Å². The average Bonchev–Trinajstić information content (AvgIpc) is 2.07. The number of hydrogen-bond acceptors (Lipinski definition) is 0. The van der Waals surface area contributed by atoms with E-state index in [0.29, 0.717) is 0 Å². The Labute approximate surface area is 81.8 Å². The third kappa shape index (κ3) is 4.46. The molecule has 0 aliphatic rings. The molecule has 74 valence electrons. The van der Waals surface area contributed by atoms with Crippen LogP contribution in [0.25, 0.3) is 0 Å². The lowest BCUT2D eigenvalue weighted by molar-refractivity contribution is 1.01. The molecule has 0 spiro atoms. The van der Waals surface area contributed by atoms with Gasteiger partial charge in [-0.3, -0.25) is 0 Å². The van der Waals surface area contributed by atoms with Crippen LogP contribution in [-0.2, 0) is 0 Å². The van der Waals surface area contributed by atoms with Gasteiger partial charge in [0.05, 0.1) is 0 Å². The second-order valence-electron chi connectivity index (χ2n) is 3.91. The third-order valence-electron chi connectivity index (χ3n) is 3.03. The first-order valence-electron chi connectivity index (χ1n) is 5.79. The van der Waals surface area contributed by atoms with E-state index < -0.39 is 0 Å². The molecular formula is C10H26Si2. The summed E-state index contributed by atoms with van der Waals surface area (Å²) in [4.78, 5) is 0. The molecule has 0 bridgehead atoms. The van der Waals surface area contributed by atoms with Crippen molar-refractivity contribution in [2.24, 2.45) is 0 Å². The lowest BCUT2D eigenvalue weighted by Gasteiger charge is -2.21. The van der Waals surface area contributed by atoms with Crippen LogP contribution < -0.4 is 0 Å². The second kappa shape index (κ2) is 8.05. The van der Waals surface area contributed by atoms with E-state index in [2.05, 4.69) is 27.7 Å². The van der Waals surface area contributed by atoms with Gasteiger partial charge in [0.25, 0.3) is 0 Å². The summed E-state index contributed by atoms with van der Waals surface area (Å²) in [5.41, 5.74) is 0. The summed E-state index contributed by atoms with van der Waals surface area (Å²) < 4.78 is 0. The zero-order valence-electron chi connectivity index (χ0n) is 9.40. The molecule has 0 nitrogen and oxygen atoms in total. The lowest BCUT2D eigenvalue weighted by Crippen LogP contribution is -2.33. The molecule has 12 heavy (non-hydrogen) atoms. The summed E-state index contributed by atoms with van der Waals surface area (Å²) in [6, 6.07) is 6.44. The van der Waals surface area contributed by atoms with Crippen LogP contribution in [0.4, 0.5) is 0 Å². The Morgan fingerprint density at radius 2 is 1.08 bits per heavy atom. The first-order valence-corrected chi connectivity index (χ1v) is 11.7. The summed E-state index contributed by atoms with van der Waals surface area (Å²) in [5.74, 6) is 0. The Morgan fingerprint density at radius 3 is 1.33 bits per heavy atom. The first-order chi connectivity index (χ1) is 5.79. The van der Waals surface area contributed by atoms with Crippen molar-refractivity contribution >= 4 is 16.6 Å². The van der Waals surface area contributed by atoms with Gasteiger partial charge < -0.3 is 0 Å². The quantitative estimate of drug-likeness (QED) is 0.555. The molecule has 0 aliphatic heterocycles. The van der Waals surface area contributed by atoms with Gasteiger partial charge in [-0.2, -0.15) is 0 Å². The molecule has 2 heteroatoms. The molecule has 0 aromatic rings. The maximum Gasteiger partial charge on any atom is 0.0279 e. The first kappa shape index (κ1) is 12.4. The van der Waals surface area contributed by atoms with Crippen LogP contribution in [0.2, 0.25) is 24.2 Å². The largest absolute Gasteiger partial charge is 0.0682 e. The van der Waals surface area contributed by atoms with E-state index in [9.17, 15) is 0 Å². The summed E-state index contributed by atoms with van der Waals surface area (Å²) >= 11 is 0. The van der Waals surface area contributed by atoms with Gasteiger partial charge in [-0.15, -0.1) is 0 Å². The van der Waals surface area contributed by atoms with E-state index in [-0.39, 0.29) is 16.6 Å². The SMILES string of the molecule is CCC[SiH](CCC)[SiH](CC)CC. The van der Waals surface area contributed by atoms with Crippen molar-refractivity contribution in [2.45, 2.75) is 64.7 Å². The van der Waals surface area contributed by atoms with Gasteiger partial charge in [-0.25, -0.2) is 0 Å². The molecule has 0 saturated heterocycles. The molecule has 0 rings (SSSR count). The van der Waals surface area contributed by atoms with Crippen molar-refractivity contribution in [3.8, 4) is 0 Å². The highest BCUT2D eigenvalue weighted by Gasteiger charge is 2.18. The maximum absolute atomic E-state index is 2.44. The van der Waals surface area contributed by atoms with Gasteiger partial charge in [-0.1, -0.05) is 64.7 Å². The van der Waals surface area contributed by atoms with Crippen LogP contribution in [0.1, 0.15) is 40.5 Å². The maximum atomic E-state index is 2.44. The molecule has 0 saturated carbocycles. The van der Waals surface area contributed by atoms with Crippen molar-refractivity contribution in [2.75, 3.05) is 0 Å². The van der Waals surface area contributed by atoms with Crippen molar-refractivity contribution < 1.29 is 0 Å². The zero-order valence-corrected chi connectivity index (χ0v) is 11.7. The topological polar surface area (TPSA) is 0 Å². The minimum absolute atomic E-state index is 0.203. The summed E-state index contributed by atoms with van der Waals surface area (Å²) in [6.45, 7) is 9.61. The minimum Gasteiger partial charge on any atom is -0.0682 e. The normalized spacial score (nSPS) is 11.5. The molecule has 0 fully saturated rings. The Hall–Kier alpha value is 0.434. The average molecular weight is 202 g/mol. The van der Waals surface area contributed by atoms with Crippen molar-refractivity contribution in [3.63, 3.8) is 0 Å². The van der Waals surface area contributed by atoms with Crippen LogP contribution in [0, 0.1) is 0 Å². The summed E-state index contributed by atoms with van der Waals surface area (Å²) in [5, 5.41) is 0. The molecular weight excluding hydrogens is 176 g/mol. The van der Waals surface area contributed by atoms with E-state index in [1.54, 1.807) is 24.2 Å². The molecule has 0 aliphatic carbocycles. The standard InChI is InChI=1S/C10H26Si2/c1-5-9-12(10-6-2)11(7-3)8-4/h11-12H,5-10H2,1-4H3. The highest BCUT2D eigenvalue weighted by Crippen LogP contribution is 2.14. The van der Waals surface area contributed by atoms with Crippen LogP contribution in [0.3, 0.4) is 0 Å². The molecule has 0 N–H and O–H groups in total. The van der Waals surface area contributed by atoms with Crippen molar-refractivity contribution in [1.29, 1.82) is 0 Å². The van der Waals surface area contributed by atoms with E-state index >= 15 is 0 Å². The van der Waals surface area contributed by atoms with Gasteiger partial charge in [0.2, 0.25) is 0 Å². The van der Waals surface area contributed by atoms with Gasteiger partial charge in [0, 0.05) is 16.6 Å². The van der Waals surface area contributed by atoms with Crippen LogP contribution in [0.5, 0.6) is 0 Å². The van der Waals surface area contributed by atoms with Crippen LogP contribution in [0.15, 0.2) is 0 Å². The Bertz CT molecular complexity index is 83.8. The zero-order chi connectivity index (χ0) is 9.40. The predicted molar refractivity (Wildman–Crippen MR) is 65.5 cm³/mol. The minimum atomic E-state index is -0.210. The lowest BCUT2D eigenvalue weighted by atomic mass is 10.6. The highest BCUT2D eigenvalue weighted by atomic mass is 29.2. The fraction of sp³-hybridized carbons (Fsp3) is 1.00. The summed E-state index contributed by atoms with van der Waals surface area (Å²) in [7, 11) is -0.413. The van der Waals surface area contributed by atoms with Crippen LogP contribution in [-0.4, -0.2) is 16.6 Å². The monoisotopic (exact) mass is 202 g/mol. The molecule has 0 aromatic carbocycles. The Morgan fingerprint density at radius 1 is 0.667 bits per heavy atom. The second-order valence-corrected chi connectivity index (χ2v) is 15.4. The van der Waals surface area contributed by atoms with E-state index in [1.165, 1.54) is 12.8 Å². The summed E-state index contributed by atoms with van der Waals surface area (Å²) in [6.07, 6.45) is 2.92. The predicted octanol–water partition coefficient (Wildman–Crippen LogP) is 3.38. The molecule has 0 heterocycles. The van der Waals surface area contributed by atoms with Gasteiger partial charge in [-0.05, 0) is 0 Å². The van der Waals surface area contributed by atoms with Gasteiger partial charge >= 0.3 is 0 Å². The fourth-order valence-corrected chi connectivity index (χ4v) is 15.8. The Kier molecular flexibility index (Phi) is 8.34. The third-order valence-corrected chi connectivity index (χ3v) is 17.9. The smallest absolute Gasteiger partial charge is 0.0279 e. The van der Waals surface area contributed by atoms with E-state index in [4.69, 9.17) is 0 Å². The van der Waals surface area contributed by atoms with E-state index in [1.807, 2.05) is 0 Å². The molecule has 0 unspecified atom stereocenters. The van der Waals surface area contributed by atoms with Crippen molar-refractivity contribution in [1.82, 2.24) is 0 Å². The van der Waals surface area contributed by atoms with Crippen LogP contribution >= 0.6 is 0 Å². The number of rotatable bonds is 7.